The highest BCUT2D eigenvalue weighted by Crippen LogP contribution is 2.32. The Morgan fingerprint density at radius 2 is 1.91 bits per heavy atom. The Kier molecular flexibility index (Phi) is 5.46. The molecule has 0 fully saturated rings. The maximum absolute atomic E-state index is 13.4. The lowest BCUT2D eigenvalue weighted by molar-refractivity contribution is -0.385. The number of nitro benzene ring substituents is 1. The van der Waals surface area contributed by atoms with Crippen LogP contribution in [0.5, 0.6) is 0 Å². The van der Waals surface area contributed by atoms with E-state index in [1.165, 1.54) is 16.4 Å². The molecular formula is C24H21N5O4S. The molecular weight excluding hydrogens is 454 g/mol. The van der Waals surface area contributed by atoms with E-state index >= 15 is 0 Å². The molecule has 10 heteroatoms. The summed E-state index contributed by atoms with van der Waals surface area (Å²) in [6, 6.07) is 15.5. The zero-order valence-electron chi connectivity index (χ0n) is 18.3. The van der Waals surface area contributed by atoms with Gasteiger partial charge in [0.2, 0.25) is 10.0 Å². The SMILES string of the molecule is Cc1ccc([N+](=O)[O-])cc1S(=O)(=O)N1CCc2c(ccnc2Nc2cnc3ccccc3c2)C1. The Bertz CT molecular complexity index is 1540. The molecule has 0 bridgehead atoms. The van der Waals surface area contributed by atoms with Gasteiger partial charge in [0.15, 0.2) is 0 Å². The molecule has 1 aliphatic rings. The molecule has 3 heterocycles. The third-order valence-electron chi connectivity index (χ3n) is 5.96. The fraction of sp³-hybridized carbons (Fsp3) is 0.167. The number of sulfonamides is 1. The number of hydrogen-bond acceptors (Lipinski definition) is 7. The van der Waals surface area contributed by atoms with Crippen LogP contribution in [-0.2, 0) is 23.0 Å². The number of benzene rings is 2. The molecule has 2 aromatic heterocycles. The Hall–Kier alpha value is -3.89. The number of nitrogens with zero attached hydrogens (tertiary/aromatic N) is 4. The summed E-state index contributed by atoms with van der Waals surface area (Å²) in [5.41, 5.74) is 3.69. The van der Waals surface area contributed by atoms with Crippen molar-refractivity contribution in [3.63, 3.8) is 0 Å². The molecule has 0 radical (unpaired) electrons. The summed E-state index contributed by atoms with van der Waals surface area (Å²) in [5, 5.41) is 15.5. The largest absolute Gasteiger partial charge is 0.339 e. The van der Waals surface area contributed by atoms with Crippen LogP contribution in [0.4, 0.5) is 17.2 Å². The lowest BCUT2D eigenvalue weighted by atomic mass is 10.0. The summed E-state index contributed by atoms with van der Waals surface area (Å²) in [6.45, 7) is 2.04. The molecule has 34 heavy (non-hydrogen) atoms. The van der Waals surface area contributed by atoms with Crippen molar-refractivity contribution < 1.29 is 13.3 Å². The van der Waals surface area contributed by atoms with Crippen molar-refractivity contribution in [2.45, 2.75) is 24.8 Å². The molecule has 4 aromatic rings. The fourth-order valence-electron chi connectivity index (χ4n) is 4.17. The molecule has 0 saturated heterocycles. The van der Waals surface area contributed by atoms with E-state index in [-0.39, 0.29) is 23.7 Å². The van der Waals surface area contributed by atoms with Gasteiger partial charge in [0.25, 0.3) is 5.69 Å². The minimum atomic E-state index is -3.91. The Balaban J connectivity index is 1.43. The van der Waals surface area contributed by atoms with Gasteiger partial charge in [-0.2, -0.15) is 4.31 Å². The van der Waals surface area contributed by atoms with Gasteiger partial charge in [-0.3, -0.25) is 15.1 Å². The molecule has 9 nitrogen and oxygen atoms in total. The van der Waals surface area contributed by atoms with Crippen molar-refractivity contribution in [1.82, 2.24) is 14.3 Å². The summed E-state index contributed by atoms with van der Waals surface area (Å²) in [7, 11) is -3.91. The number of aromatic nitrogens is 2. The van der Waals surface area contributed by atoms with Gasteiger partial charge in [-0.1, -0.05) is 24.3 Å². The number of nitrogens with one attached hydrogen (secondary N) is 1. The highest BCUT2D eigenvalue weighted by molar-refractivity contribution is 7.89. The van der Waals surface area contributed by atoms with Crippen molar-refractivity contribution in [1.29, 1.82) is 0 Å². The number of rotatable bonds is 5. The van der Waals surface area contributed by atoms with E-state index in [4.69, 9.17) is 0 Å². The van der Waals surface area contributed by atoms with Crippen LogP contribution < -0.4 is 5.32 Å². The Morgan fingerprint density at radius 3 is 2.74 bits per heavy atom. The quantitative estimate of drug-likeness (QED) is 0.337. The molecule has 1 N–H and O–H groups in total. The zero-order valence-corrected chi connectivity index (χ0v) is 19.1. The molecule has 2 aromatic carbocycles. The first-order valence-electron chi connectivity index (χ1n) is 10.7. The van der Waals surface area contributed by atoms with E-state index in [1.807, 2.05) is 30.3 Å². The first kappa shape index (κ1) is 21.9. The molecule has 0 spiro atoms. The number of aryl methyl sites for hydroxylation is 1. The van der Waals surface area contributed by atoms with Crippen LogP contribution in [-0.4, -0.2) is 34.2 Å². The van der Waals surface area contributed by atoms with Crippen LogP contribution in [0.15, 0.2) is 71.9 Å². The average Bonchev–Trinajstić information content (AvgIpc) is 2.84. The predicted molar refractivity (Wildman–Crippen MR) is 128 cm³/mol. The molecule has 0 atom stereocenters. The van der Waals surface area contributed by atoms with Crippen molar-refractivity contribution >= 4 is 38.1 Å². The Morgan fingerprint density at radius 1 is 1.09 bits per heavy atom. The first-order chi connectivity index (χ1) is 16.3. The topological polar surface area (TPSA) is 118 Å². The van der Waals surface area contributed by atoms with Crippen molar-refractivity contribution in [3.05, 3.63) is 93.8 Å². The highest BCUT2D eigenvalue weighted by atomic mass is 32.2. The lowest BCUT2D eigenvalue weighted by Gasteiger charge is -2.29. The average molecular weight is 476 g/mol. The summed E-state index contributed by atoms with van der Waals surface area (Å²) in [5.74, 6) is 0.665. The van der Waals surface area contributed by atoms with Gasteiger partial charge in [-0.05, 0) is 42.7 Å². The molecule has 1 aliphatic heterocycles. The van der Waals surface area contributed by atoms with E-state index in [9.17, 15) is 18.5 Å². The van der Waals surface area contributed by atoms with Gasteiger partial charge in [-0.25, -0.2) is 13.4 Å². The van der Waals surface area contributed by atoms with Crippen LogP contribution in [0.3, 0.4) is 0 Å². The molecule has 0 unspecified atom stereocenters. The standard InChI is InChI=1S/C24H21N5O4S/c1-16-6-7-20(29(30)31)13-23(16)34(32,33)28-11-9-21-18(15-28)8-10-25-24(21)27-19-12-17-4-2-3-5-22(17)26-14-19/h2-8,10,12-14H,9,11,15H2,1H3,(H,25,27). The second kappa shape index (κ2) is 8.47. The van der Waals surface area contributed by atoms with Crippen LogP contribution in [0.1, 0.15) is 16.7 Å². The van der Waals surface area contributed by atoms with Crippen molar-refractivity contribution in [2.75, 3.05) is 11.9 Å². The van der Waals surface area contributed by atoms with Gasteiger partial charge in [0, 0.05) is 42.4 Å². The van der Waals surface area contributed by atoms with E-state index in [2.05, 4.69) is 15.3 Å². The van der Waals surface area contributed by atoms with Crippen LogP contribution in [0, 0.1) is 17.0 Å². The number of non-ortho nitro benzene ring substituents is 1. The number of nitro groups is 1. The number of pyridine rings is 2. The second-order valence-corrected chi connectivity index (χ2v) is 10.0. The van der Waals surface area contributed by atoms with Gasteiger partial charge >= 0.3 is 0 Å². The van der Waals surface area contributed by atoms with Crippen LogP contribution in [0.25, 0.3) is 10.9 Å². The normalized spacial score (nSPS) is 14.0. The number of fused-ring (bicyclic) bond motifs is 2. The zero-order chi connectivity index (χ0) is 23.9. The smallest absolute Gasteiger partial charge is 0.270 e. The van der Waals surface area contributed by atoms with Crippen LogP contribution in [0.2, 0.25) is 0 Å². The maximum Gasteiger partial charge on any atom is 0.270 e. The first-order valence-corrected chi connectivity index (χ1v) is 12.1. The number of para-hydroxylation sites is 1. The third-order valence-corrected chi connectivity index (χ3v) is 7.95. The predicted octanol–water partition coefficient (Wildman–Crippen LogP) is 4.34. The van der Waals surface area contributed by atoms with E-state index < -0.39 is 14.9 Å². The van der Waals surface area contributed by atoms with E-state index in [1.54, 1.807) is 25.4 Å². The summed E-state index contributed by atoms with van der Waals surface area (Å²) in [6.07, 6.45) is 3.85. The highest BCUT2D eigenvalue weighted by Gasteiger charge is 2.31. The minimum Gasteiger partial charge on any atom is -0.339 e. The minimum absolute atomic E-state index is 0.0419. The fourth-order valence-corrected chi connectivity index (χ4v) is 5.84. The summed E-state index contributed by atoms with van der Waals surface area (Å²) < 4.78 is 28.1. The Labute approximate surface area is 196 Å². The molecule has 0 saturated carbocycles. The molecule has 5 rings (SSSR count). The maximum atomic E-state index is 13.4. The second-order valence-electron chi connectivity index (χ2n) is 8.13. The summed E-state index contributed by atoms with van der Waals surface area (Å²) in [4.78, 5) is 19.5. The molecule has 0 aliphatic carbocycles. The molecule has 0 amide bonds. The van der Waals surface area contributed by atoms with Crippen molar-refractivity contribution in [2.24, 2.45) is 0 Å². The van der Waals surface area contributed by atoms with Gasteiger partial charge in [0.05, 0.1) is 27.2 Å². The van der Waals surface area contributed by atoms with E-state index in [0.717, 1.165) is 33.8 Å². The molecule has 172 valence electrons. The van der Waals surface area contributed by atoms with Crippen LogP contribution >= 0.6 is 0 Å². The van der Waals surface area contributed by atoms with Gasteiger partial charge in [-0.15, -0.1) is 0 Å². The van der Waals surface area contributed by atoms with Crippen molar-refractivity contribution in [3.8, 4) is 0 Å². The lowest BCUT2D eigenvalue weighted by Crippen LogP contribution is -2.36. The van der Waals surface area contributed by atoms with E-state index in [0.29, 0.717) is 17.8 Å². The third kappa shape index (κ3) is 3.97. The van der Waals surface area contributed by atoms with Gasteiger partial charge in [0.1, 0.15) is 5.82 Å². The monoisotopic (exact) mass is 475 g/mol. The number of anilines is 2. The summed E-state index contributed by atoms with van der Waals surface area (Å²) >= 11 is 0. The van der Waals surface area contributed by atoms with Gasteiger partial charge < -0.3 is 5.32 Å². The number of hydrogen-bond donors (Lipinski definition) is 1.